The summed E-state index contributed by atoms with van der Waals surface area (Å²) in [5.74, 6) is 0.309. The van der Waals surface area contributed by atoms with E-state index in [1.165, 1.54) is 11.1 Å². The summed E-state index contributed by atoms with van der Waals surface area (Å²) in [7, 11) is 0. The Bertz CT molecular complexity index is 1200. The SMILES string of the molecule is Cl.N[C@@]1(c2ccccc2)C[C@H]1c1ccc(NC(=O)Cc2cccc3ccccc23)cc1. The van der Waals surface area contributed by atoms with E-state index < -0.39 is 0 Å². The van der Waals surface area contributed by atoms with E-state index in [0.29, 0.717) is 12.3 Å². The first-order chi connectivity index (χ1) is 14.6. The molecular weight excluding hydrogens is 404 g/mol. The maximum Gasteiger partial charge on any atom is 0.228 e. The van der Waals surface area contributed by atoms with E-state index in [9.17, 15) is 4.79 Å². The number of halogens is 1. The second-order valence-electron chi connectivity index (χ2n) is 8.15. The molecule has 4 heteroatoms. The molecule has 1 amide bonds. The Morgan fingerprint density at radius 1 is 0.871 bits per heavy atom. The van der Waals surface area contributed by atoms with Crippen LogP contribution in [-0.4, -0.2) is 5.91 Å². The maximum absolute atomic E-state index is 12.6. The van der Waals surface area contributed by atoms with Gasteiger partial charge in [0.1, 0.15) is 0 Å². The summed E-state index contributed by atoms with van der Waals surface area (Å²) in [4.78, 5) is 12.6. The molecule has 0 bridgehead atoms. The minimum absolute atomic E-state index is 0. The highest BCUT2D eigenvalue weighted by atomic mass is 35.5. The average Bonchev–Trinajstić information content (AvgIpc) is 3.48. The molecular formula is C27H25ClN2O. The third-order valence-corrected chi connectivity index (χ3v) is 6.14. The summed E-state index contributed by atoms with van der Waals surface area (Å²) in [6.07, 6.45) is 1.30. The van der Waals surface area contributed by atoms with Crippen LogP contribution in [0.25, 0.3) is 10.8 Å². The second-order valence-corrected chi connectivity index (χ2v) is 8.15. The Labute approximate surface area is 188 Å². The van der Waals surface area contributed by atoms with Gasteiger partial charge in [0.05, 0.1) is 6.42 Å². The Balaban J connectivity index is 0.00000231. The van der Waals surface area contributed by atoms with Gasteiger partial charge in [-0.2, -0.15) is 0 Å². The van der Waals surface area contributed by atoms with Crippen LogP contribution >= 0.6 is 12.4 Å². The fourth-order valence-electron chi connectivity index (χ4n) is 4.39. The van der Waals surface area contributed by atoms with Crippen molar-refractivity contribution < 1.29 is 4.79 Å². The normalized spacial score (nSPS) is 19.5. The molecule has 4 aromatic carbocycles. The lowest BCUT2D eigenvalue weighted by molar-refractivity contribution is -0.115. The Morgan fingerprint density at radius 3 is 2.32 bits per heavy atom. The molecule has 4 aromatic rings. The largest absolute Gasteiger partial charge is 0.326 e. The molecule has 0 aromatic heterocycles. The van der Waals surface area contributed by atoms with Gasteiger partial charge in [0.25, 0.3) is 0 Å². The highest BCUT2D eigenvalue weighted by Crippen LogP contribution is 2.56. The predicted molar refractivity (Wildman–Crippen MR) is 130 cm³/mol. The van der Waals surface area contributed by atoms with E-state index in [2.05, 4.69) is 47.8 Å². The number of nitrogens with one attached hydrogen (secondary N) is 1. The zero-order chi connectivity index (χ0) is 20.6. The first-order valence-corrected chi connectivity index (χ1v) is 10.3. The fourth-order valence-corrected chi connectivity index (χ4v) is 4.39. The second kappa shape index (κ2) is 8.54. The van der Waals surface area contributed by atoms with Crippen molar-refractivity contribution in [3.8, 4) is 0 Å². The number of amides is 1. The van der Waals surface area contributed by atoms with Gasteiger partial charge in [0, 0.05) is 17.1 Å². The number of fused-ring (bicyclic) bond motifs is 1. The van der Waals surface area contributed by atoms with E-state index in [0.717, 1.165) is 28.4 Å². The summed E-state index contributed by atoms with van der Waals surface area (Å²) in [6, 6.07) is 32.6. The molecule has 2 atom stereocenters. The molecule has 0 aliphatic heterocycles. The van der Waals surface area contributed by atoms with E-state index in [4.69, 9.17) is 5.73 Å². The first kappa shape index (κ1) is 21.1. The Morgan fingerprint density at radius 2 is 1.55 bits per heavy atom. The minimum Gasteiger partial charge on any atom is -0.326 e. The van der Waals surface area contributed by atoms with Crippen molar-refractivity contribution in [2.24, 2.45) is 5.73 Å². The van der Waals surface area contributed by atoms with Crippen molar-refractivity contribution in [3.05, 3.63) is 114 Å². The molecule has 0 spiro atoms. The van der Waals surface area contributed by atoms with Crippen LogP contribution < -0.4 is 11.1 Å². The fraction of sp³-hybridized carbons (Fsp3) is 0.148. The predicted octanol–water partition coefficient (Wildman–Crippen LogP) is 5.78. The molecule has 3 N–H and O–H groups in total. The monoisotopic (exact) mass is 428 g/mol. The van der Waals surface area contributed by atoms with Gasteiger partial charge in [-0.15, -0.1) is 12.4 Å². The third kappa shape index (κ3) is 4.20. The van der Waals surface area contributed by atoms with Crippen LogP contribution in [0.2, 0.25) is 0 Å². The number of carbonyl (C=O) groups excluding carboxylic acids is 1. The van der Waals surface area contributed by atoms with E-state index in [-0.39, 0.29) is 23.9 Å². The molecule has 3 nitrogen and oxygen atoms in total. The summed E-state index contributed by atoms with van der Waals surface area (Å²) >= 11 is 0. The van der Waals surface area contributed by atoms with Crippen molar-refractivity contribution in [2.45, 2.75) is 24.3 Å². The van der Waals surface area contributed by atoms with Crippen LogP contribution in [0.4, 0.5) is 5.69 Å². The molecule has 5 rings (SSSR count). The number of hydrogen-bond donors (Lipinski definition) is 2. The van der Waals surface area contributed by atoms with Crippen LogP contribution in [0.15, 0.2) is 97.1 Å². The van der Waals surface area contributed by atoms with E-state index in [1.807, 2.05) is 54.6 Å². The van der Waals surface area contributed by atoms with Gasteiger partial charge in [-0.25, -0.2) is 0 Å². The molecule has 0 radical (unpaired) electrons. The average molecular weight is 429 g/mol. The molecule has 1 saturated carbocycles. The van der Waals surface area contributed by atoms with Crippen molar-refractivity contribution in [1.29, 1.82) is 0 Å². The van der Waals surface area contributed by atoms with Gasteiger partial charge in [-0.1, -0.05) is 84.9 Å². The van der Waals surface area contributed by atoms with Gasteiger partial charge in [0.15, 0.2) is 0 Å². The summed E-state index contributed by atoms with van der Waals surface area (Å²) < 4.78 is 0. The molecule has 1 aliphatic rings. The summed E-state index contributed by atoms with van der Waals surface area (Å²) in [6.45, 7) is 0. The molecule has 1 fully saturated rings. The Kier molecular flexibility index (Phi) is 5.81. The third-order valence-electron chi connectivity index (χ3n) is 6.14. The lowest BCUT2D eigenvalue weighted by atomic mass is 9.99. The number of rotatable bonds is 5. The Hall–Kier alpha value is -3.14. The standard InChI is InChI=1S/C27H24N2O.ClH/c28-27(22-10-2-1-3-11-22)18-25(27)20-13-15-23(16-14-20)29-26(30)17-21-9-6-8-19-7-4-5-12-24(19)21;/h1-16,25H,17-18,28H2,(H,29,30);1H/t25-,27+;/m0./s1. The van der Waals surface area contributed by atoms with Crippen molar-refractivity contribution in [1.82, 2.24) is 0 Å². The number of carbonyl (C=O) groups is 1. The van der Waals surface area contributed by atoms with Gasteiger partial charge in [0.2, 0.25) is 5.91 Å². The zero-order valence-corrected chi connectivity index (χ0v) is 17.9. The van der Waals surface area contributed by atoms with Crippen LogP contribution in [0.3, 0.4) is 0 Å². The van der Waals surface area contributed by atoms with Crippen LogP contribution in [0.5, 0.6) is 0 Å². The number of nitrogens with two attached hydrogens (primary N) is 1. The van der Waals surface area contributed by atoms with Crippen molar-refractivity contribution in [3.63, 3.8) is 0 Å². The van der Waals surface area contributed by atoms with Crippen molar-refractivity contribution in [2.75, 3.05) is 5.32 Å². The van der Waals surface area contributed by atoms with E-state index >= 15 is 0 Å². The quantitative estimate of drug-likeness (QED) is 0.423. The highest BCUT2D eigenvalue weighted by molar-refractivity contribution is 5.96. The lowest BCUT2D eigenvalue weighted by Crippen LogP contribution is -2.21. The maximum atomic E-state index is 12.6. The van der Waals surface area contributed by atoms with Gasteiger partial charge < -0.3 is 11.1 Å². The van der Waals surface area contributed by atoms with E-state index in [1.54, 1.807) is 0 Å². The molecule has 156 valence electrons. The smallest absolute Gasteiger partial charge is 0.228 e. The van der Waals surface area contributed by atoms with Crippen LogP contribution in [0, 0.1) is 0 Å². The minimum atomic E-state index is -0.277. The lowest BCUT2D eigenvalue weighted by Gasteiger charge is -2.13. The number of benzene rings is 4. The first-order valence-electron chi connectivity index (χ1n) is 10.3. The van der Waals surface area contributed by atoms with Gasteiger partial charge in [-0.3, -0.25) is 4.79 Å². The molecule has 0 unspecified atom stereocenters. The molecule has 1 aliphatic carbocycles. The van der Waals surface area contributed by atoms with Gasteiger partial charge >= 0.3 is 0 Å². The summed E-state index contributed by atoms with van der Waals surface area (Å²) in [5.41, 5.74) is 10.6. The molecule has 0 saturated heterocycles. The van der Waals surface area contributed by atoms with Crippen molar-refractivity contribution >= 4 is 34.8 Å². The molecule has 0 heterocycles. The van der Waals surface area contributed by atoms with Gasteiger partial charge in [-0.05, 0) is 46.0 Å². The zero-order valence-electron chi connectivity index (χ0n) is 17.1. The number of anilines is 1. The number of hydrogen-bond acceptors (Lipinski definition) is 2. The topological polar surface area (TPSA) is 55.1 Å². The highest BCUT2D eigenvalue weighted by Gasteiger charge is 2.52. The molecule has 31 heavy (non-hydrogen) atoms. The summed E-state index contributed by atoms with van der Waals surface area (Å²) in [5, 5.41) is 5.30. The van der Waals surface area contributed by atoms with Crippen LogP contribution in [-0.2, 0) is 16.8 Å². The van der Waals surface area contributed by atoms with Crippen LogP contribution in [0.1, 0.15) is 29.0 Å².